The molecule has 0 bridgehead atoms. The van der Waals surface area contributed by atoms with Crippen LogP contribution in [0.1, 0.15) is 44.7 Å². The molecule has 1 aliphatic rings. The van der Waals surface area contributed by atoms with Gasteiger partial charge in [-0.15, -0.1) is 0 Å². The van der Waals surface area contributed by atoms with Crippen molar-refractivity contribution in [2.75, 3.05) is 6.54 Å². The van der Waals surface area contributed by atoms with Gasteiger partial charge in [0.1, 0.15) is 0 Å². The minimum Gasteiger partial charge on any atom is -0.452 e. The third-order valence-electron chi connectivity index (χ3n) is 4.16. The minimum atomic E-state index is -1.03. The van der Waals surface area contributed by atoms with E-state index >= 15 is 0 Å². The monoisotopic (exact) mass is 414 g/mol. The average Bonchev–Trinajstić information content (AvgIpc) is 2.90. The number of hydrogen-bond donors (Lipinski definition) is 1. The zero-order chi connectivity index (χ0) is 20.1. The largest absolute Gasteiger partial charge is 0.452 e. The van der Waals surface area contributed by atoms with Crippen LogP contribution in [0.5, 0.6) is 0 Å². The fourth-order valence-corrected chi connectivity index (χ4v) is 3.22. The highest BCUT2D eigenvalue weighted by atomic mass is 35.5. The standard InChI is InChI=1S/C18H20Cl2N2O5/c1-10(13-4-3-12(19)9-14(13)20)21-18(26)11(2)27-17(25)7-8-22-15(23)5-6-16(22)24/h3-4,9-11H,5-8H2,1-2H3,(H,21,26). The predicted octanol–water partition coefficient (Wildman–Crippen LogP) is 2.64. The first-order chi connectivity index (χ1) is 12.7. The molecule has 2 rings (SSSR count). The molecule has 1 saturated heterocycles. The number of nitrogens with one attached hydrogen (secondary N) is 1. The Morgan fingerprint density at radius 2 is 1.81 bits per heavy atom. The third-order valence-corrected chi connectivity index (χ3v) is 4.72. The molecule has 1 aliphatic heterocycles. The number of imide groups is 1. The summed E-state index contributed by atoms with van der Waals surface area (Å²) in [5, 5.41) is 3.61. The molecule has 3 amide bonds. The van der Waals surface area contributed by atoms with E-state index in [1.807, 2.05) is 0 Å². The van der Waals surface area contributed by atoms with E-state index in [1.165, 1.54) is 6.92 Å². The Morgan fingerprint density at radius 3 is 2.41 bits per heavy atom. The number of amides is 3. The summed E-state index contributed by atoms with van der Waals surface area (Å²) in [5.41, 5.74) is 0.680. The van der Waals surface area contributed by atoms with E-state index in [9.17, 15) is 19.2 Å². The zero-order valence-corrected chi connectivity index (χ0v) is 16.5. The van der Waals surface area contributed by atoms with Gasteiger partial charge in [-0.05, 0) is 31.5 Å². The predicted molar refractivity (Wildman–Crippen MR) is 99.1 cm³/mol. The van der Waals surface area contributed by atoms with Crippen LogP contribution in [0.25, 0.3) is 0 Å². The van der Waals surface area contributed by atoms with Crippen LogP contribution in [0, 0.1) is 0 Å². The van der Waals surface area contributed by atoms with Gasteiger partial charge in [0.25, 0.3) is 5.91 Å². The zero-order valence-electron chi connectivity index (χ0n) is 15.0. The van der Waals surface area contributed by atoms with E-state index in [-0.39, 0.29) is 37.6 Å². The van der Waals surface area contributed by atoms with Gasteiger partial charge < -0.3 is 10.1 Å². The van der Waals surface area contributed by atoms with Gasteiger partial charge in [-0.3, -0.25) is 24.1 Å². The van der Waals surface area contributed by atoms with Crippen LogP contribution in [-0.2, 0) is 23.9 Å². The van der Waals surface area contributed by atoms with Gasteiger partial charge in [0, 0.05) is 29.4 Å². The molecule has 0 radical (unpaired) electrons. The number of nitrogens with zero attached hydrogens (tertiary/aromatic N) is 1. The lowest BCUT2D eigenvalue weighted by molar-refractivity contribution is -0.155. The number of halogens is 2. The molecule has 2 atom stereocenters. The Balaban J connectivity index is 1.83. The topological polar surface area (TPSA) is 92.8 Å². The van der Waals surface area contributed by atoms with E-state index in [2.05, 4.69) is 5.32 Å². The van der Waals surface area contributed by atoms with Crippen molar-refractivity contribution in [2.24, 2.45) is 0 Å². The van der Waals surface area contributed by atoms with Crippen molar-refractivity contribution in [3.05, 3.63) is 33.8 Å². The van der Waals surface area contributed by atoms with E-state index < -0.39 is 24.0 Å². The summed E-state index contributed by atoms with van der Waals surface area (Å²) in [6, 6.07) is 4.53. The van der Waals surface area contributed by atoms with Gasteiger partial charge in [-0.2, -0.15) is 0 Å². The number of likely N-dealkylation sites (tertiary alicyclic amines) is 1. The SMILES string of the molecule is CC(OC(=O)CCN1C(=O)CCC1=O)C(=O)NC(C)c1ccc(Cl)cc1Cl. The van der Waals surface area contributed by atoms with Crippen LogP contribution in [-0.4, -0.2) is 41.2 Å². The molecule has 9 heteroatoms. The van der Waals surface area contributed by atoms with Crippen molar-refractivity contribution in [2.45, 2.75) is 45.3 Å². The summed E-state index contributed by atoms with van der Waals surface area (Å²) in [7, 11) is 0. The Kier molecular flexibility index (Phi) is 7.21. The Morgan fingerprint density at radius 1 is 1.19 bits per heavy atom. The molecular formula is C18H20Cl2N2O5. The molecule has 2 unspecified atom stereocenters. The number of benzene rings is 1. The Hall–Kier alpha value is -2.12. The molecule has 1 heterocycles. The molecule has 7 nitrogen and oxygen atoms in total. The summed E-state index contributed by atoms with van der Waals surface area (Å²) >= 11 is 12.0. The van der Waals surface area contributed by atoms with E-state index in [1.54, 1.807) is 25.1 Å². The summed E-state index contributed by atoms with van der Waals surface area (Å²) in [4.78, 5) is 48.2. The molecule has 1 N–H and O–H groups in total. The van der Waals surface area contributed by atoms with Gasteiger partial charge in [-0.25, -0.2) is 0 Å². The van der Waals surface area contributed by atoms with Gasteiger partial charge in [0.05, 0.1) is 12.5 Å². The Labute approximate surface area is 166 Å². The summed E-state index contributed by atoms with van der Waals surface area (Å²) in [6.45, 7) is 3.14. The van der Waals surface area contributed by atoms with Crippen LogP contribution >= 0.6 is 23.2 Å². The van der Waals surface area contributed by atoms with E-state index in [4.69, 9.17) is 27.9 Å². The fourth-order valence-electron chi connectivity index (χ4n) is 2.65. The first kappa shape index (κ1) is 21.2. The molecule has 1 aromatic carbocycles. The van der Waals surface area contributed by atoms with Crippen LogP contribution in [0.3, 0.4) is 0 Å². The quantitative estimate of drug-likeness (QED) is 0.546. The van der Waals surface area contributed by atoms with Crippen molar-refractivity contribution in [3.8, 4) is 0 Å². The molecule has 27 heavy (non-hydrogen) atoms. The number of carbonyl (C=O) groups excluding carboxylic acids is 4. The molecule has 0 saturated carbocycles. The number of hydrogen-bond acceptors (Lipinski definition) is 5. The van der Waals surface area contributed by atoms with Crippen molar-refractivity contribution in [1.82, 2.24) is 10.2 Å². The molecule has 1 fully saturated rings. The lowest BCUT2D eigenvalue weighted by Gasteiger charge is -2.20. The van der Waals surface area contributed by atoms with Crippen molar-refractivity contribution in [1.29, 1.82) is 0 Å². The molecule has 0 aromatic heterocycles. The van der Waals surface area contributed by atoms with E-state index in [0.717, 1.165) is 4.90 Å². The molecule has 1 aromatic rings. The summed E-state index contributed by atoms with van der Waals surface area (Å²) in [6.07, 6.45) is -0.861. The highest BCUT2D eigenvalue weighted by molar-refractivity contribution is 6.35. The molecule has 146 valence electrons. The smallest absolute Gasteiger partial charge is 0.308 e. The summed E-state index contributed by atoms with van der Waals surface area (Å²) in [5.74, 6) is -1.75. The van der Waals surface area contributed by atoms with Crippen LogP contribution < -0.4 is 5.32 Å². The van der Waals surface area contributed by atoms with Gasteiger partial charge in [-0.1, -0.05) is 29.3 Å². The lowest BCUT2D eigenvalue weighted by atomic mass is 10.1. The molecule has 0 spiro atoms. The number of rotatable bonds is 7. The van der Waals surface area contributed by atoms with Crippen LogP contribution in [0.4, 0.5) is 0 Å². The van der Waals surface area contributed by atoms with Gasteiger partial charge >= 0.3 is 5.97 Å². The lowest BCUT2D eigenvalue weighted by Crippen LogP contribution is -2.38. The second-order valence-corrected chi connectivity index (χ2v) is 7.06. The van der Waals surface area contributed by atoms with Crippen LogP contribution in [0.2, 0.25) is 10.0 Å². The maximum Gasteiger partial charge on any atom is 0.308 e. The first-order valence-corrected chi connectivity index (χ1v) is 9.22. The number of esters is 1. The van der Waals surface area contributed by atoms with Crippen molar-refractivity contribution >= 4 is 46.9 Å². The fraction of sp³-hybridized carbons (Fsp3) is 0.444. The molecular weight excluding hydrogens is 395 g/mol. The third kappa shape index (κ3) is 5.68. The maximum atomic E-state index is 12.2. The highest BCUT2D eigenvalue weighted by Gasteiger charge is 2.29. The number of ether oxygens (including phenoxy) is 1. The minimum absolute atomic E-state index is 0.0401. The van der Waals surface area contributed by atoms with E-state index in [0.29, 0.717) is 15.6 Å². The van der Waals surface area contributed by atoms with Crippen molar-refractivity contribution < 1.29 is 23.9 Å². The normalized spacial score (nSPS) is 16.2. The molecule has 0 aliphatic carbocycles. The first-order valence-electron chi connectivity index (χ1n) is 8.47. The second kappa shape index (κ2) is 9.19. The summed E-state index contributed by atoms with van der Waals surface area (Å²) < 4.78 is 5.07. The Bertz CT molecular complexity index is 752. The van der Waals surface area contributed by atoms with Crippen LogP contribution in [0.15, 0.2) is 18.2 Å². The van der Waals surface area contributed by atoms with Crippen molar-refractivity contribution in [3.63, 3.8) is 0 Å². The van der Waals surface area contributed by atoms with Gasteiger partial charge in [0.15, 0.2) is 6.10 Å². The maximum absolute atomic E-state index is 12.2. The van der Waals surface area contributed by atoms with Gasteiger partial charge in [0.2, 0.25) is 11.8 Å². The number of carbonyl (C=O) groups is 4. The second-order valence-electron chi connectivity index (χ2n) is 6.22. The highest BCUT2D eigenvalue weighted by Crippen LogP contribution is 2.26. The average molecular weight is 415 g/mol.